The van der Waals surface area contributed by atoms with Crippen molar-refractivity contribution in [2.75, 3.05) is 49.7 Å². The van der Waals surface area contributed by atoms with Crippen LogP contribution in [0.25, 0.3) is 0 Å². The van der Waals surface area contributed by atoms with E-state index in [0.717, 1.165) is 37.7 Å². The number of ether oxygens (including phenoxy) is 3. The quantitative estimate of drug-likeness (QED) is 0.910. The predicted molar refractivity (Wildman–Crippen MR) is 78.1 cm³/mol. The van der Waals surface area contributed by atoms with E-state index in [1.807, 2.05) is 24.3 Å². The molecule has 1 saturated heterocycles. The third-order valence-electron chi connectivity index (χ3n) is 3.37. The van der Waals surface area contributed by atoms with Gasteiger partial charge in [0.15, 0.2) is 0 Å². The second-order valence-electron chi connectivity index (χ2n) is 4.80. The number of morpholine rings is 1. The van der Waals surface area contributed by atoms with Gasteiger partial charge in [0.2, 0.25) is 5.76 Å². The molecule has 0 bridgehead atoms. The molecule has 0 radical (unpaired) electrons. The molecule has 6 nitrogen and oxygen atoms in total. The topological polar surface area (TPSA) is 60.0 Å². The standard InChI is InChI=1S/C15H18N2O4/c18-15(14-11-20-9-10-21-14)16-12-1-3-13(4-2-12)17-5-7-19-8-6-17/h1-4,11H,5-10H2,(H,16,18). The van der Waals surface area contributed by atoms with E-state index < -0.39 is 0 Å². The van der Waals surface area contributed by atoms with Crippen LogP contribution in [0.3, 0.4) is 0 Å². The third kappa shape index (κ3) is 3.46. The van der Waals surface area contributed by atoms with E-state index in [9.17, 15) is 4.79 Å². The van der Waals surface area contributed by atoms with Crippen molar-refractivity contribution in [3.05, 3.63) is 36.3 Å². The Balaban J connectivity index is 1.61. The van der Waals surface area contributed by atoms with Crippen molar-refractivity contribution in [1.29, 1.82) is 0 Å². The number of anilines is 2. The van der Waals surface area contributed by atoms with E-state index in [0.29, 0.717) is 13.2 Å². The molecule has 0 unspecified atom stereocenters. The Labute approximate surface area is 123 Å². The van der Waals surface area contributed by atoms with Crippen molar-refractivity contribution in [2.24, 2.45) is 0 Å². The highest BCUT2D eigenvalue weighted by atomic mass is 16.6. The minimum atomic E-state index is -0.297. The van der Waals surface area contributed by atoms with Crippen LogP contribution in [0.2, 0.25) is 0 Å². The van der Waals surface area contributed by atoms with Gasteiger partial charge in [0.05, 0.1) is 13.2 Å². The molecule has 1 aromatic rings. The van der Waals surface area contributed by atoms with Crippen molar-refractivity contribution in [3.63, 3.8) is 0 Å². The molecular formula is C15H18N2O4. The smallest absolute Gasteiger partial charge is 0.294 e. The Morgan fingerprint density at radius 3 is 2.48 bits per heavy atom. The molecule has 1 fully saturated rings. The van der Waals surface area contributed by atoms with Crippen LogP contribution in [0.15, 0.2) is 36.3 Å². The highest BCUT2D eigenvalue weighted by Gasteiger charge is 2.15. The van der Waals surface area contributed by atoms with Crippen molar-refractivity contribution < 1.29 is 19.0 Å². The first-order valence-electron chi connectivity index (χ1n) is 7.01. The maximum Gasteiger partial charge on any atom is 0.294 e. The van der Waals surface area contributed by atoms with E-state index in [1.165, 1.54) is 6.26 Å². The number of amides is 1. The van der Waals surface area contributed by atoms with E-state index in [1.54, 1.807) is 0 Å². The average Bonchev–Trinajstić information content (AvgIpc) is 2.57. The number of hydrogen-bond donors (Lipinski definition) is 1. The summed E-state index contributed by atoms with van der Waals surface area (Å²) in [6.07, 6.45) is 1.35. The molecule has 21 heavy (non-hydrogen) atoms. The van der Waals surface area contributed by atoms with Crippen molar-refractivity contribution in [1.82, 2.24) is 0 Å². The number of nitrogens with one attached hydrogen (secondary N) is 1. The first-order valence-corrected chi connectivity index (χ1v) is 7.01. The molecule has 6 heteroatoms. The van der Waals surface area contributed by atoms with E-state index in [4.69, 9.17) is 14.2 Å². The number of benzene rings is 1. The molecule has 3 rings (SSSR count). The summed E-state index contributed by atoms with van der Waals surface area (Å²) in [5.41, 5.74) is 1.86. The number of carbonyl (C=O) groups excluding carboxylic acids is 1. The van der Waals surface area contributed by atoms with Crippen LogP contribution in [0, 0.1) is 0 Å². The summed E-state index contributed by atoms with van der Waals surface area (Å²) in [7, 11) is 0. The molecule has 2 heterocycles. The zero-order valence-corrected chi connectivity index (χ0v) is 11.7. The molecule has 1 aromatic carbocycles. The summed E-state index contributed by atoms with van der Waals surface area (Å²) in [6, 6.07) is 7.75. The maximum absolute atomic E-state index is 11.9. The Morgan fingerprint density at radius 2 is 1.81 bits per heavy atom. The molecular weight excluding hydrogens is 272 g/mol. The Morgan fingerprint density at radius 1 is 1.05 bits per heavy atom. The summed E-state index contributed by atoms with van der Waals surface area (Å²) < 4.78 is 15.6. The van der Waals surface area contributed by atoms with Gasteiger partial charge in [-0.3, -0.25) is 4.79 Å². The highest BCUT2D eigenvalue weighted by molar-refractivity contribution is 6.02. The van der Waals surface area contributed by atoms with Gasteiger partial charge in [-0.1, -0.05) is 0 Å². The van der Waals surface area contributed by atoms with Crippen LogP contribution in [0.1, 0.15) is 0 Å². The molecule has 1 N–H and O–H groups in total. The maximum atomic E-state index is 11.9. The summed E-state index contributed by atoms with van der Waals surface area (Å²) in [5, 5.41) is 2.79. The molecule has 0 atom stereocenters. The Hall–Kier alpha value is -2.21. The molecule has 2 aliphatic rings. The zero-order valence-electron chi connectivity index (χ0n) is 11.7. The fourth-order valence-electron chi connectivity index (χ4n) is 2.26. The van der Waals surface area contributed by atoms with Crippen LogP contribution in [-0.4, -0.2) is 45.4 Å². The second-order valence-corrected chi connectivity index (χ2v) is 4.80. The second kappa shape index (κ2) is 6.49. The fraction of sp³-hybridized carbons (Fsp3) is 0.400. The van der Waals surface area contributed by atoms with Crippen molar-refractivity contribution in [3.8, 4) is 0 Å². The molecule has 112 valence electrons. The molecule has 1 amide bonds. The van der Waals surface area contributed by atoms with Crippen LogP contribution in [0.5, 0.6) is 0 Å². The number of nitrogens with zero attached hydrogens (tertiary/aromatic N) is 1. The summed E-state index contributed by atoms with van der Waals surface area (Å²) in [6.45, 7) is 4.17. The highest BCUT2D eigenvalue weighted by Crippen LogP contribution is 2.19. The van der Waals surface area contributed by atoms with Gasteiger partial charge < -0.3 is 24.4 Å². The van der Waals surface area contributed by atoms with Gasteiger partial charge in [-0.05, 0) is 24.3 Å². The number of hydrogen-bond acceptors (Lipinski definition) is 5. The van der Waals surface area contributed by atoms with Gasteiger partial charge in [-0.2, -0.15) is 0 Å². The monoisotopic (exact) mass is 290 g/mol. The van der Waals surface area contributed by atoms with Gasteiger partial charge in [0.25, 0.3) is 5.91 Å². The zero-order chi connectivity index (χ0) is 14.5. The van der Waals surface area contributed by atoms with Crippen LogP contribution < -0.4 is 10.2 Å². The largest absolute Gasteiger partial charge is 0.494 e. The van der Waals surface area contributed by atoms with Crippen LogP contribution >= 0.6 is 0 Å². The Kier molecular flexibility index (Phi) is 4.25. The normalized spacial score (nSPS) is 18.3. The van der Waals surface area contributed by atoms with E-state index in [-0.39, 0.29) is 11.7 Å². The van der Waals surface area contributed by atoms with E-state index in [2.05, 4.69) is 10.2 Å². The Bertz CT molecular complexity index is 521. The predicted octanol–water partition coefficient (Wildman–Crippen LogP) is 1.35. The molecule has 0 aromatic heterocycles. The summed E-state index contributed by atoms with van der Waals surface area (Å²) in [4.78, 5) is 14.2. The lowest BCUT2D eigenvalue weighted by atomic mass is 10.2. The lowest BCUT2D eigenvalue weighted by molar-refractivity contribution is -0.117. The lowest BCUT2D eigenvalue weighted by Gasteiger charge is -2.28. The molecule has 2 aliphatic heterocycles. The minimum Gasteiger partial charge on any atom is -0.494 e. The first-order chi connectivity index (χ1) is 10.3. The average molecular weight is 290 g/mol. The van der Waals surface area contributed by atoms with Crippen molar-refractivity contribution in [2.45, 2.75) is 0 Å². The molecule has 0 saturated carbocycles. The van der Waals surface area contributed by atoms with Gasteiger partial charge in [-0.15, -0.1) is 0 Å². The van der Waals surface area contributed by atoms with Crippen molar-refractivity contribution >= 4 is 17.3 Å². The SMILES string of the molecule is O=C(Nc1ccc(N2CCOCC2)cc1)C1=COCCO1. The lowest BCUT2D eigenvalue weighted by Crippen LogP contribution is -2.36. The fourth-order valence-corrected chi connectivity index (χ4v) is 2.26. The number of carbonyl (C=O) groups is 1. The van der Waals surface area contributed by atoms with Gasteiger partial charge in [0.1, 0.15) is 19.5 Å². The first kappa shape index (κ1) is 13.8. The van der Waals surface area contributed by atoms with E-state index >= 15 is 0 Å². The molecule has 0 spiro atoms. The van der Waals surface area contributed by atoms with Gasteiger partial charge >= 0.3 is 0 Å². The minimum absolute atomic E-state index is 0.207. The summed E-state index contributed by atoms with van der Waals surface area (Å²) in [5.74, 6) is -0.0904. The number of rotatable bonds is 3. The van der Waals surface area contributed by atoms with Gasteiger partial charge in [0, 0.05) is 24.5 Å². The molecule has 0 aliphatic carbocycles. The van der Waals surface area contributed by atoms with Gasteiger partial charge in [-0.25, -0.2) is 0 Å². The van der Waals surface area contributed by atoms with Crippen LogP contribution in [0.4, 0.5) is 11.4 Å². The third-order valence-corrected chi connectivity index (χ3v) is 3.37. The van der Waals surface area contributed by atoms with Crippen LogP contribution in [-0.2, 0) is 19.0 Å². The summed E-state index contributed by atoms with van der Waals surface area (Å²) >= 11 is 0.